The second-order valence-corrected chi connectivity index (χ2v) is 11.7. The van der Waals surface area contributed by atoms with E-state index in [2.05, 4.69) is 20.6 Å². The molecule has 1 unspecified atom stereocenters. The largest absolute Gasteiger partial charge is 0.437 e. The van der Waals surface area contributed by atoms with Crippen molar-refractivity contribution in [1.82, 2.24) is 20.3 Å². The van der Waals surface area contributed by atoms with Crippen LogP contribution in [-0.2, 0) is 10.0 Å². The van der Waals surface area contributed by atoms with Crippen LogP contribution in [0, 0.1) is 6.92 Å². The Balaban J connectivity index is 1.36. The molecule has 38 heavy (non-hydrogen) atoms. The van der Waals surface area contributed by atoms with E-state index in [0.29, 0.717) is 41.9 Å². The first-order chi connectivity index (χ1) is 18.5. The molecule has 0 amide bonds. The number of piperidine rings is 1. The Morgan fingerprint density at radius 2 is 1.95 bits per heavy atom. The molecule has 4 heterocycles. The van der Waals surface area contributed by atoms with Crippen molar-refractivity contribution in [3.8, 4) is 22.9 Å². The lowest BCUT2D eigenvalue weighted by Crippen LogP contribution is -2.38. The maximum Gasteiger partial charge on any atom is 0.235 e. The third-order valence-corrected chi connectivity index (χ3v) is 8.94. The van der Waals surface area contributed by atoms with Crippen LogP contribution in [0.2, 0.25) is 0 Å². The fourth-order valence-corrected chi connectivity index (χ4v) is 6.77. The van der Waals surface area contributed by atoms with Crippen LogP contribution in [0.3, 0.4) is 0 Å². The predicted molar refractivity (Wildman–Crippen MR) is 149 cm³/mol. The first-order valence-corrected chi connectivity index (χ1v) is 14.6. The molecular formula is C28H30N6O3S. The zero-order chi connectivity index (χ0) is 26.1. The van der Waals surface area contributed by atoms with Crippen LogP contribution < -0.4 is 19.7 Å². The highest BCUT2D eigenvalue weighted by molar-refractivity contribution is 7.93. The summed E-state index contributed by atoms with van der Waals surface area (Å²) in [7, 11) is -3.32. The highest BCUT2D eigenvalue weighted by atomic mass is 32.2. The van der Waals surface area contributed by atoms with Crippen molar-refractivity contribution in [1.29, 1.82) is 0 Å². The first kappa shape index (κ1) is 24.6. The minimum atomic E-state index is -3.32. The van der Waals surface area contributed by atoms with E-state index >= 15 is 0 Å². The van der Waals surface area contributed by atoms with Crippen molar-refractivity contribution in [3.63, 3.8) is 0 Å². The molecule has 2 aliphatic rings. The molecule has 2 N–H and O–H groups in total. The van der Waals surface area contributed by atoms with E-state index in [-0.39, 0.29) is 11.8 Å². The summed E-state index contributed by atoms with van der Waals surface area (Å²) < 4.78 is 33.3. The van der Waals surface area contributed by atoms with Crippen LogP contribution in [-0.4, -0.2) is 54.8 Å². The van der Waals surface area contributed by atoms with Crippen LogP contribution in [0.25, 0.3) is 22.0 Å². The van der Waals surface area contributed by atoms with Gasteiger partial charge < -0.3 is 15.4 Å². The summed E-state index contributed by atoms with van der Waals surface area (Å²) >= 11 is 0. The summed E-state index contributed by atoms with van der Waals surface area (Å²) in [5.74, 6) is 1.81. The zero-order valence-electron chi connectivity index (χ0n) is 21.2. The number of rotatable bonds is 6. The van der Waals surface area contributed by atoms with Gasteiger partial charge in [-0.2, -0.15) is 0 Å². The summed E-state index contributed by atoms with van der Waals surface area (Å²) in [5, 5.41) is 8.49. The number of pyridine rings is 1. The van der Waals surface area contributed by atoms with E-state index in [4.69, 9.17) is 9.72 Å². The SMILES string of the molecule is Cc1ccc2c(N3CCCS3(=O)=O)cccc2c1Oc1ncccc1-c1ccnc(NC2CCCNC2)n1. The molecule has 1 atom stereocenters. The monoisotopic (exact) mass is 530 g/mol. The van der Waals surface area contributed by atoms with Crippen molar-refractivity contribution in [3.05, 3.63) is 66.5 Å². The molecule has 6 rings (SSSR count). The Hall–Kier alpha value is -3.76. The number of fused-ring (bicyclic) bond motifs is 1. The normalized spacial score (nSPS) is 19.0. The molecule has 0 spiro atoms. The summed E-state index contributed by atoms with van der Waals surface area (Å²) in [6, 6.07) is 15.5. The average Bonchev–Trinajstić information content (AvgIpc) is 3.29. The number of ether oxygens (including phenoxy) is 1. The lowest BCUT2D eigenvalue weighted by Gasteiger charge is -2.23. The van der Waals surface area contributed by atoms with Gasteiger partial charge in [0.15, 0.2) is 0 Å². The standard InChI is InChI=1S/C28H30N6O3S/c1-19-10-11-21-22(7-2-9-25(21)34-16-5-17-38(34,35)36)26(19)37-27-23(8-4-14-30-27)24-12-15-31-28(33-24)32-20-6-3-13-29-18-20/h2,4,7-12,14-15,20,29H,3,5-6,13,16-18H2,1H3,(H,31,32,33). The van der Waals surface area contributed by atoms with Crippen LogP contribution in [0.5, 0.6) is 11.6 Å². The number of aromatic nitrogens is 3. The lowest BCUT2D eigenvalue weighted by molar-refractivity contribution is 0.466. The number of sulfonamides is 1. The molecule has 2 aromatic heterocycles. The molecule has 0 aliphatic carbocycles. The molecule has 2 saturated heterocycles. The third-order valence-electron chi connectivity index (χ3n) is 7.09. The topological polar surface area (TPSA) is 109 Å². The maximum absolute atomic E-state index is 12.7. The van der Waals surface area contributed by atoms with Crippen molar-refractivity contribution in [2.45, 2.75) is 32.2 Å². The van der Waals surface area contributed by atoms with Gasteiger partial charge in [0.25, 0.3) is 0 Å². The fraction of sp³-hybridized carbons (Fsp3) is 0.321. The summed E-state index contributed by atoms with van der Waals surface area (Å²) in [6.07, 6.45) is 6.24. The summed E-state index contributed by atoms with van der Waals surface area (Å²) in [4.78, 5) is 13.7. The molecule has 2 aromatic carbocycles. The molecule has 196 valence electrons. The fourth-order valence-electron chi connectivity index (χ4n) is 5.19. The molecule has 2 fully saturated rings. The maximum atomic E-state index is 12.7. The highest BCUT2D eigenvalue weighted by Crippen LogP contribution is 2.40. The Morgan fingerprint density at radius 3 is 2.76 bits per heavy atom. The average molecular weight is 531 g/mol. The van der Waals surface area contributed by atoms with Crippen LogP contribution in [0.15, 0.2) is 60.9 Å². The van der Waals surface area contributed by atoms with E-state index < -0.39 is 10.0 Å². The second kappa shape index (κ2) is 10.2. The van der Waals surface area contributed by atoms with E-state index in [0.717, 1.165) is 47.8 Å². The smallest absolute Gasteiger partial charge is 0.235 e. The second-order valence-electron chi connectivity index (χ2n) is 9.74. The Morgan fingerprint density at radius 1 is 1.03 bits per heavy atom. The number of anilines is 2. The quantitative estimate of drug-likeness (QED) is 0.375. The lowest BCUT2D eigenvalue weighted by atomic mass is 10.0. The molecule has 0 radical (unpaired) electrons. The molecule has 9 nitrogen and oxygen atoms in total. The van der Waals surface area contributed by atoms with Crippen LogP contribution in [0.4, 0.5) is 11.6 Å². The summed E-state index contributed by atoms with van der Waals surface area (Å²) in [5.41, 5.74) is 3.05. The van der Waals surface area contributed by atoms with Crippen molar-refractivity contribution < 1.29 is 13.2 Å². The third kappa shape index (κ3) is 4.77. The van der Waals surface area contributed by atoms with Gasteiger partial charge in [-0.1, -0.05) is 24.3 Å². The van der Waals surface area contributed by atoms with Gasteiger partial charge in [-0.05, 0) is 62.6 Å². The van der Waals surface area contributed by atoms with Gasteiger partial charge in [0.1, 0.15) is 5.75 Å². The predicted octanol–water partition coefficient (Wildman–Crippen LogP) is 4.50. The molecular weight excluding hydrogens is 500 g/mol. The van der Waals surface area contributed by atoms with Crippen LogP contribution in [0.1, 0.15) is 24.8 Å². The molecule has 2 aliphatic heterocycles. The molecule has 10 heteroatoms. The number of nitrogens with one attached hydrogen (secondary N) is 2. The van der Waals surface area contributed by atoms with E-state index in [9.17, 15) is 8.42 Å². The van der Waals surface area contributed by atoms with Gasteiger partial charge in [-0.3, -0.25) is 4.31 Å². The number of hydrogen-bond donors (Lipinski definition) is 2. The molecule has 4 aromatic rings. The van der Waals surface area contributed by atoms with Gasteiger partial charge in [-0.15, -0.1) is 0 Å². The summed E-state index contributed by atoms with van der Waals surface area (Å²) in [6.45, 7) is 4.38. The molecule has 0 saturated carbocycles. The minimum Gasteiger partial charge on any atom is -0.437 e. The first-order valence-electron chi connectivity index (χ1n) is 13.0. The van der Waals surface area contributed by atoms with Crippen molar-refractivity contribution in [2.75, 3.05) is 35.0 Å². The Bertz CT molecular complexity index is 1590. The van der Waals surface area contributed by atoms with Gasteiger partial charge in [0.05, 0.1) is 22.7 Å². The van der Waals surface area contributed by atoms with Gasteiger partial charge in [0.2, 0.25) is 21.9 Å². The van der Waals surface area contributed by atoms with Crippen LogP contribution >= 0.6 is 0 Å². The van der Waals surface area contributed by atoms with E-state index in [1.165, 1.54) is 4.31 Å². The van der Waals surface area contributed by atoms with E-state index in [1.807, 2.05) is 55.5 Å². The Kier molecular flexibility index (Phi) is 6.59. The van der Waals surface area contributed by atoms with Gasteiger partial charge in [-0.25, -0.2) is 23.4 Å². The zero-order valence-corrected chi connectivity index (χ0v) is 22.0. The number of benzene rings is 2. The molecule has 0 bridgehead atoms. The van der Waals surface area contributed by atoms with Crippen molar-refractivity contribution >= 4 is 32.4 Å². The Labute approximate surface area is 222 Å². The number of aryl methyl sites for hydroxylation is 1. The van der Waals surface area contributed by atoms with Gasteiger partial charge >= 0.3 is 0 Å². The number of hydrogen-bond acceptors (Lipinski definition) is 8. The van der Waals surface area contributed by atoms with Crippen molar-refractivity contribution in [2.24, 2.45) is 0 Å². The minimum absolute atomic E-state index is 0.170. The number of nitrogens with zero attached hydrogens (tertiary/aromatic N) is 4. The van der Waals surface area contributed by atoms with E-state index in [1.54, 1.807) is 12.4 Å². The highest BCUT2D eigenvalue weighted by Gasteiger charge is 2.30. The van der Waals surface area contributed by atoms with Gasteiger partial charge in [0, 0.05) is 42.3 Å².